The van der Waals surface area contributed by atoms with Crippen molar-refractivity contribution >= 4 is 15.7 Å². The molecule has 0 saturated heterocycles. The molecule has 1 atom stereocenters. The van der Waals surface area contributed by atoms with Crippen LogP contribution in [0.25, 0.3) is 0 Å². The summed E-state index contributed by atoms with van der Waals surface area (Å²) in [6.45, 7) is 3.18. The number of carbonyl (C=O) groups excluding carboxylic acids is 1. The molecule has 3 aromatic rings. The Morgan fingerprint density at radius 2 is 1.83 bits per heavy atom. The number of amides is 1. The second kappa shape index (κ2) is 8.53. The van der Waals surface area contributed by atoms with Gasteiger partial charge in [-0.3, -0.25) is 9.78 Å². The third-order valence-electron chi connectivity index (χ3n) is 4.73. The Morgan fingerprint density at radius 1 is 1.07 bits per heavy atom. The van der Waals surface area contributed by atoms with Gasteiger partial charge in [0.05, 0.1) is 4.90 Å². The molecule has 29 heavy (non-hydrogen) atoms. The molecule has 1 heterocycles. The lowest BCUT2D eigenvalue weighted by Crippen LogP contribution is -2.32. The highest BCUT2D eigenvalue weighted by atomic mass is 32.2. The minimum absolute atomic E-state index is 0.00427. The highest BCUT2D eigenvalue weighted by Gasteiger charge is 2.30. The fourth-order valence-electron chi connectivity index (χ4n) is 3.04. The van der Waals surface area contributed by atoms with Crippen LogP contribution < -0.4 is 5.32 Å². The molecule has 0 spiro atoms. The van der Waals surface area contributed by atoms with Crippen LogP contribution in [0.15, 0.2) is 71.9 Å². The van der Waals surface area contributed by atoms with E-state index in [-0.39, 0.29) is 22.9 Å². The van der Waals surface area contributed by atoms with Crippen molar-refractivity contribution in [1.82, 2.24) is 10.3 Å². The lowest BCUT2D eigenvalue weighted by molar-refractivity contribution is 0.0953. The van der Waals surface area contributed by atoms with Gasteiger partial charge in [0.2, 0.25) is 0 Å². The molecule has 1 N–H and O–H groups in total. The lowest BCUT2D eigenvalue weighted by atomic mass is 10.1. The number of carbonyl (C=O) groups is 1. The molecule has 150 valence electrons. The summed E-state index contributed by atoms with van der Waals surface area (Å²) in [6.07, 6.45) is 3.00. The van der Waals surface area contributed by atoms with Gasteiger partial charge in [-0.2, -0.15) is 0 Å². The van der Waals surface area contributed by atoms with Gasteiger partial charge in [0.15, 0.2) is 9.84 Å². The van der Waals surface area contributed by atoms with Gasteiger partial charge in [0, 0.05) is 24.5 Å². The highest BCUT2D eigenvalue weighted by molar-refractivity contribution is 7.91. The number of benzene rings is 2. The van der Waals surface area contributed by atoms with Gasteiger partial charge in [0.25, 0.3) is 5.91 Å². The summed E-state index contributed by atoms with van der Waals surface area (Å²) in [5.41, 5.74) is 1.95. The molecular formula is C22H21FN2O3S. The first-order chi connectivity index (χ1) is 13.8. The number of hydrogen-bond donors (Lipinski definition) is 1. The van der Waals surface area contributed by atoms with Crippen LogP contribution in [0.3, 0.4) is 0 Å². The number of hydrogen-bond acceptors (Lipinski definition) is 4. The quantitative estimate of drug-likeness (QED) is 0.625. The maximum atomic E-state index is 13.6. The zero-order chi connectivity index (χ0) is 21.0. The molecule has 2 aromatic carbocycles. The van der Waals surface area contributed by atoms with Crippen LogP contribution in [0.1, 0.15) is 32.3 Å². The van der Waals surface area contributed by atoms with Gasteiger partial charge in [-0.25, -0.2) is 12.8 Å². The summed E-state index contributed by atoms with van der Waals surface area (Å²) in [6, 6.07) is 14.0. The fraction of sp³-hybridized carbons (Fsp3) is 0.182. The van der Waals surface area contributed by atoms with Crippen molar-refractivity contribution in [2.45, 2.75) is 24.0 Å². The smallest absolute Gasteiger partial charge is 0.251 e. The second-order valence-electron chi connectivity index (χ2n) is 6.76. The zero-order valence-electron chi connectivity index (χ0n) is 16.1. The van der Waals surface area contributed by atoms with Gasteiger partial charge in [0.1, 0.15) is 11.1 Å². The predicted molar refractivity (Wildman–Crippen MR) is 109 cm³/mol. The molecule has 0 radical (unpaired) electrons. The summed E-state index contributed by atoms with van der Waals surface area (Å²) in [4.78, 5) is 16.6. The molecule has 0 fully saturated rings. The van der Waals surface area contributed by atoms with E-state index >= 15 is 0 Å². The molecule has 1 unspecified atom stereocenters. The van der Waals surface area contributed by atoms with Crippen molar-refractivity contribution < 1.29 is 17.6 Å². The number of pyridine rings is 1. The van der Waals surface area contributed by atoms with Crippen LogP contribution in [-0.4, -0.2) is 25.9 Å². The molecule has 1 aromatic heterocycles. The summed E-state index contributed by atoms with van der Waals surface area (Å²) < 4.78 is 40.3. The van der Waals surface area contributed by atoms with E-state index in [0.29, 0.717) is 11.1 Å². The third kappa shape index (κ3) is 4.51. The summed E-state index contributed by atoms with van der Waals surface area (Å²) in [7, 11) is -3.90. The maximum Gasteiger partial charge on any atom is 0.251 e. The van der Waals surface area contributed by atoms with E-state index in [1.54, 1.807) is 30.5 Å². The van der Waals surface area contributed by atoms with Crippen molar-refractivity contribution in [3.63, 3.8) is 0 Å². The number of sulfone groups is 1. The molecular weight excluding hydrogens is 391 g/mol. The zero-order valence-corrected chi connectivity index (χ0v) is 16.9. The third-order valence-corrected chi connectivity index (χ3v) is 6.83. The summed E-state index contributed by atoms with van der Waals surface area (Å²) in [5, 5.41) is 1.66. The average molecular weight is 412 g/mol. The van der Waals surface area contributed by atoms with E-state index in [2.05, 4.69) is 10.3 Å². The Labute approximate surface area is 169 Å². The highest BCUT2D eigenvalue weighted by Crippen LogP contribution is 2.29. The first-order valence-electron chi connectivity index (χ1n) is 9.04. The Balaban J connectivity index is 1.94. The van der Waals surface area contributed by atoms with E-state index < -0.39 is 20.9 Å². The van der Waals surface area contributed by atoms with E-state index in [1.165, 1.54) is 25.3 Å². The molecule has 1 amide bonds. The fourth-order valence-corrected chi connectivity index (χ4v) is 4.77. The molecule has 0 aliphatic heterocycles. The van der Waals surface area contributed by atoms with Gasteiger partial charge in [-0.15, -0.1) is 0 Å². The lowest BCUT2D eigenvalue weighted by Gasteiger charge is -2.19. The topological polar surface area (TPSA) is 76.1 Å². The maximum absolute atomic E-state index is 13.6. The van der Waals surface area contributed by atoms with Crippen molar-refractivity contribution in [2.75, 3.05) is 6.54 Å². The Kier molecular flexibility index (Phi) is 6.08. The van der Waals surface area contributed by atoms with Crippen LogP contribution in [0.5, 0.6) is 0 Å². The SMILES string of the molecule is Cc1cc(S(=O)(=O)C(CNC(=O)c2ccccc2C)c2cccnc2)ccc1F. The van der Waals surface area contributed by atoms with E-state index in [1.807, 2.05) is 19.1 Å². The van der Waals surface area contributed by atoms with Crippen molar-refractivity contribution in [3.8, 4) is 0 Å². The number of rotatable bonds is 6. The van der Waals surface area contributed by atoms with Crippen molar-refractivity contribution in [2.24, 2.45) is 0 Å². The molecule has 3 rings (SSSR count). The van der Waals surface area contributed by atoms with Crippen molar-refractivity contribution in [3.05, 3.63) is 95.1 Å². The van der Waals surface area contributed by atoms with Crippen LogP contribution in [0.2, 0.25) is 0 Å². The molecule has 0 aliphatic rings. The number of halogens is 1. The minimum Gasteiger partial charge on any atom is -0.350 e. The standard InChI is InChI=1S/C22H21FN2O3S/c1-15-6-3-4-8-19(15)22(26)25-14-21(17-7-5-11-24-13-17)29(27,28)18-9-10-20(23)16(2)12-18/h3-13,21H,14H2,1-2H3,(H,25,26). The van der Waals surface area contributed by atoms with Crippen molar-refractivity contribution in [1.29, 1.82) is 0 Å². The largest absolute Gasteiger partial charge is 0.350 e. The first-order valence-corrected chi connectivity index (χ1v) is 10.6. The van der Waals surface area contributed by atoms with Crippen LogP contribution in [0.4, 0.5) is 4.39 Å². The van der Waals surface area contributed by atoms with E-state index in [9.17, 15) is 17.6 Å². The molecule has 7 heteroatoms. The molecule has 0 aliphatic carbocycles. The van der Waals surface area contributed by atoms with Gasteiger partial charge >= 0.3 is 0 Å². The Morgan fingerprint density at radius 3 is 2.48 bits per heavy atom. The Bertz CT molecular complexity index is 1130. The average Bonchev–Trinajstić information content (AvgIpc) is 2.71. The number of nitrogens with one attached hydrogen (secondary N) is 1. The van der Waals surface area contributed by atoms with Crippen LogP contribution in [-0.2, 0) is 9.84 Å². The normalized spacial score (nSPS) is 12.4. The minimum atomic E-state index is -3.90. The molecule has 5 nitrogen and oxygen atoms in total. The molecule has 0 bridgehead atoms. The predicted octanol–water partition coefficient (Wildman–Crippen LogP) is 3.78. The monoisotopic (exact) mass is 412 g/mol. The first kappa shape index (κ1) is 20.7. The van der Waals surface area contributed by atoms with Gasteiger partial charge < -0.3 is 5.32 Å². The summed E-state index contributed by atoms with van der Waals surface area (Å²) >= 11 is 0. The molecule has 0 saturated carbocycles. The van der Waals surface area contributed by atoms with Crippen LogP contribution in [0, 0.1) is 19.7 Å². The van der Waals surface area contributed by atoms with Gasteiger partial charge in [-0.1, -0.05) is 24.3 Å². The number of aromatic nitrogens is 1. The van der Waals surface area contributed by atoms with Crippen LogP contribution >= 0.6 is 0 Å². The van der Waals surface area contributed by atoms with E-state index in [0.717, 1.165) is 11.6 Å². The van der Waals surface area contributed by atoms with Gasteiger partial charge in [-0.05, 0) is 60.9 Å². The Hall–Kier alpha value is -3.06. The number of aryl methyl sites for hydroxylation is 2. The summed E-state index contributed by atoms with van der Waals surface area (Å²) in [5.74, 6) is -0.836. The number of nitrogens with zero attached hydrogens (tertiary/aromatic N) is 1. The second-order valence-corrected chi connectivity index (χ2v) is 8.89. The van der Waals surface area contributed by atoms with E-state index in [4.69, 9.17) is 0 Å².